The zero-order valence-corrected chi connectivity index (χ0v) is 11.4. The van der Waals surface area contributed by atoms with E-state index in [2.05, 4.69) is 80.7 Å². The first-order valence-electron chi connectivity index (χ1n) is 6.45. The summed E-state index contributed by atoms with van der Waals surface area (Å²) in [6, 6.07) is 19.1. The molecule has 0 fully saturated rings. The van der Waals surface area contributed by atoms with Gasteiger partial charge in [-0.2, -0.15) is 0 Å². The number of rotatable bonds is 3. The van der Waals surface area contributed by atoms with Gasteiger partial charge in [-0.1, -0.05) is 54.6 Å². The second-order valence-corrected chi connectivity index (χ2v) is 5.63. The molecule has 94 valence electrons. The second-order valence-electron chi connectivity index (χ2n) is 5.63. The number of benzene rings is 2. The highest BCUT2D eigenvalue weighted by Gasteiger charge is 2.10. The molecule has 0 aliphatic heterocycles. The Morgan fingerprint density at radius 3 is 2.11 bits per heavy atom. The zero-order valence-electron chi connectivity index (χ0n) is 11.4. The maximum Gasteiger partial charge on any atom is 0.0216 e. The summed E-state index contributed by atoms with van der Waals surface area (Å²) < 4.78 is 0. The van der Waals surface area contributed by atoms with Crippen LogP contribution in [0.5, 0.6) is 0 Å². The third kappa shape index (κ3) is 3.44. The van der Waals surface area contributed by atoms with Crippen molar-refractivity contribution >= 4 is 0 Å². The van der Waals surface area contributed by atoms with Crippen molar-refractivity contribution in [2.45, 2.75) is 32.9 Å². The SMILES string of the molecule is CC(C)(C)NCc1ccccc1-c1ccccc1. The first kappa shape index (κ1) is 12.8. The Bertz CT molecular complexity index is 495. The van der Waals surface area contributed by atoms with E-state index in [-0.39, 0.29) is 5.54 Å². The van der Waals surface area contributed by atoms with Gasteiger partial charge in [0, 0.05) is 12.1 Å². The van der Waals surface area contributed by atoms with Crippen LogP contribution < -0.4 is 5.32 Å². The molecule has 18 heavy (non-hydrogen) atoms. The molecule has 0 aromatic heterocycles. The third-order valence-corrected chi connectivity index (χ3v) is 2.91. The van der Waals surface area contributed by atoms with Crippen molar-refractivity contribution in [3.8, 4) is 11.1 Å². The summed E-state index contributed by atoms with van der Waals surface area (Å²) in [4.78, 5) is 0. The summed E-state index contributed by atoms with van der Waals surface area (Å²) in [5.74, 6) is 0. The van der Waals surface area contributed by atoms with E-state index in [0.29, 0.717) is 0 Å². The molecule has 2 rings (SSSR count). The van der Waals surface area contributed by atoms with Crippen molar-refractivity contribution in [3.63, 3.8) is 0 Å². The van der Waals surface area contributed by atoms with Crippen molar-refractivity contribution in [2.75, 3.05) is 0 Å². The lowest BCUT2D eigenvalue weighted by Crippen LogP contribution is -2.35. The van der Waals surface area contributed by atoms with E-state index in [9.17, 15) is 0 Å². The average Bonchev–Trinajstić information content (AvgIpc) is 2.37. The molecular weight excluding hydrogens is 218 g/mol. The van der Waals surface area contributed by atoms with Crippen LogP contribution in [0, 0.1) is 0 Å². The second kappa shape index (κ2) is 5.36. The maximum atomic E-state index is 3.55. The normalized spacial score (nSPS) is 11.5. The fraction of sp³-hybridized carbons (Fsp3) is 0.294. The highest BCUT2D eigenvalue weighted by Crippen LogP contribution is 2.23. The Morgan fingerprint density at radius 1 is 0.833 bits per heavy atom. The van der Waals surface area contributed by atoms with Gasteiger partial charge in [0.1, 0.15) is 0 Å². The van der Waals surface area contributed by atoms with Gasteiger partial charge in [-0.3, -0.25) is 0 Å². The molecule has 0 spiro atoms. The van der Waals surface area contributed by atoms with Crippen LogP contribution in [0.15, 0.2) is 54.6 Å². The van der Waals surface area contributed by atoms with Crippen LogP contribution in [0.25, 0.3) is 11.1 Å². The van der Waals surface area contributed by atoms with Crippen molar-refractivity contribution in [1.82, 2.24) is 5.32 Å². The van der Waals surface area contributed by atoms with Gasteiger partial charge in [-0.15, -0.1) is 0 Å². The van der Waals surface area contributed by atoms with Crippen LogP contribution in [-0.4, -0.2) is 5.54 Å². The van der Waals surface area contributed by atoms with Crippen molar-refractivity contribution in [3.05, 3.63) is 60.2 Å². The standard InChI is InChI=1S/C17H21N/c1-17(2,3)18-13-15-11-7-8-12-16(15)14-9-5-4-6-10-14/h4-12,18H,13H2,1-3H3. The topological polar surface area (TPSA) is 12.0 Å². The summed E-state index contributed by atoms with van der Waals surface area (Å²) >= 11 is 0. The van der Waals surface area contributed by atoms with Gasteiger partial charge < -0.3 is 5.32 Å². The fourth-order valence-electron chi connectivity index (χ4n) is 1.93. The molecule has 0 saturated carbocycles. The van der Waals surface area contributed by atoms with E-state index < -0.39 is 0 Å². The molecule has 2 aromatic carbocycles. The predicted molar refractivity (Wildman–Crippen MR) is 78.5 cm³/mol. The summed E-state index contributed by atoms with van der Waals surface area (Å²) in [5.41, 5.74) is 4.08. The molecule has 1 nitrogen and oxygen atoms in total. The van der Waals surface area contributed by atoms with E-state index in [1.54, 1.807) is 0 Å². The molecule has 0 saturated heterocycles. The molecular formula is C17H21N. The van der Waals surface area contributed by atoms with Crippen LogP contribution in [-0.2, 0) is 6.54 Å². The minimum absolute atomic E-state index is 0.143. The molecule has 1 heteroatoms. The largest absolute Gasteiger partial charge is 0.308 e. The Hall–Kier alpha value is -1.60. The smallest absolute Gasteiger partial charge is 0.0216 e. The van der Waals surface area contributed by atoms with Crippen LogP contribution >= 0.6 is 0 Å². The number of hydrogen-bond donors (Lipinski definition) is 1. The average molecular weight is 239 g/mol. The molecule has 0 bridgehead atoms. The Balaban J connectivity index is 2.27. The van der Waals surface area contributed by atoms with E-state index in [1.807, 2.05) is 0 Å². The molecule has 0 radical (unpaired) electrons. The molecule has 0 aliphatic rings. The Labute approximate surface area is 110 Å². The summed E-state index contributed by atoms with van der Waals surface area (Å²) in [7, 11) is 0. The summed E-state index contributed by atoms with van der Waals surface area (Å²) in [6.45, 7) is 7.48. The van der Waals surface area contributed by atoms with E-state index in [1.165, 1.54) is 16.7 Å². The van der Waals surface area contributed by atoms with Crippen molar-refractivity contribution in [1.29, 1.82) is 0 Å². The van der Waals surface area contributed by atoms with Crippen molar-refractivity contribution in [2.24, 2.45) is 0 Å². The quantitative estimate of drug-likeness (QED) is 0.844. The Kier molecular flexibility index (Phi) is 3.83. The first-order valence-corrected chi connectivity index (χ1v) is 6.45. The molecule has 1 N–H and O–H groups in total. The molecule has 0 aliphatic carbocycles. The third-order valence-electron chi connectivity index (χ3n) is 2.91. The van der Waals surface area contributed by atoms with Gasteiger partial charge in [0.15, 0.2) is 0 Å². The fourth-order valence-corrected chi connectivity index (χ4v) is 1.93. The minimum Gasteiger partial charge on any atom is -0.308 e. The van der Waals surface area contributed by atoms with E-state index >= 15 is 0 Å². The number of nitrogens with one attached hydrogen (secondary N) is 1. The molecule has 0 unspecified atom stereocenters. The van der Waals surface area contributed by atoms with Gasteiger partial charge in [0.2, 0.25) is 0 Å². The highest BCUT2D eigenvalue weighted by atomic mass is 14.9. The predicted octanol–water partition coefficient (Wildman–Crippen LogP) is 4.24. The lowest BCUT2D eigenvalue weighted by atomic mass is 9.99. The van der Waals surface area contributed by atoms with Crippen molar-refractivity contribution < 1.29 is 0 Å². The highest BCUT2D eigenvalue weighted by molar-refractivity contribution is 5.67. The zero-order chi connectivity index (χ0) is 13.0. The monoisotopic (exact) mass is 239 g/mol. The van der Waals surface area contributed by atoms with Crippen LogP contribution in [0.3, 0.4) is 0 Å². The lowest BCUT2D eigenvalue weighted by molar-refractivity contribution is 0.424. The molecule has 2 aromatic rings. The van der Waals surface area contributed by atoms with E-state index in [0.717, 1.165) is 6.54 Å². The Morgan fingerprint density at radius 2 is 1.44 bits per heavy atom. The first-order chi connectivity index (χ1) is 8.56. The maximum absolute atomic E-state index is 3.55. The van der Waals surface area contributed by atoms with Gasteiger partial charge >= 0.3 is 0 Å². The van der Waals surface area contributed by atoms with Crippen LogP contribution in [0.1, 0.15) is 26.3 Å². The molecule has 0 heterocycles. The molecule has 0 atom stereocenters. The lowest BCUT2D eigenvalue weighted by Gasteiger charge is -2.21. The minimum atomic E-state index is 0.143. The van der Waals surface area contributed by atoms with Gasteiger partial charge in [0.05, 0.1) is 0 Å². The molecule has 0 amide bonds. The van der Waals surface area contributed by atoms with Crippen LogP contribution in [0.2, 0.25) is 0 Å². The van der Waals surface area contributed by atoms with Gasteiger partial charge in [0.25, 0.3) is 0 Å². The summed E-state index contributed by atoms with van der Waals surface area (Å²) in [6.07, 6.45) is 0. The number of hydrogen-bond acceptors (Lipinski definition) is 1. The van der Waals surface area contributed by atoms with Crippen LogP contribution in [0.4, 0.5) is 0 Å². The van der Waals surface area contributed by atoms with Gasteiger partial charge in [-0.25, -0.2) is 0 Å². The van der Waals surface area contributed by atoms with Gasteiger partial charge in [-0.05, 0) is 37.5 Å². The summed E-state index contributed by atoms with van der Waals surface area (Å²) in [5, 5.41) is 3.55. The van der Waals surface area contributed by atoms with E-state index in [4.69, 9.17) is 0 Å².